The van der Waals surface area contributed by atoms with Crippen LogP contribution in [0.5, 0.6) is 0 Å². The number of rotatable bonds is 3. The van der Waals surface area contributed by atoms with E-state index in [0.29, 0.717) is 15.9 Å². The molecular formula is C11H13Cl2N5. The fourth-order valence-electron chi connectivity index (χ4n) is 1.56. The molecule has 0 aromatic carbocycles. The first-order valence-electron chi connectivity index (χ1n) is 5.63. The summed E-state index contributed by atoms with van der Waals surface area (Å²) in [5, 5.41) is 5.09. The first kappa shape index (κ1) is 13.1. The zero-order valence-corrected chi connectivity index (χ0v) is 11.6. The van der Waals surface area contributed by atoms with Crippen LogP contribution in [0.15, 0.2) is 6.07 Å². The molecule has 0 fully saturated rings. The Balaban J connectivity index is 2.60. The van der Waals surface area contributed by atoms with Gasteiger partial charge in [-0.15, -0.1) is 5.10 Å². The lowest BCUT2D eigenvalue weighted by atomic mass is 10.4. The van der Waals surface area contributed by atoms with Crippen molar-refractivity contribution < 1.29 is 0 Å². The van der Waals surface area contributed by atoms with Gasteiger partial charge >= 0.3 is 0 Å². The average Bonchev–Trinajstić information content (AvgIpc) is 2.77. The van der Waals surface area contributed by atoms with E-state index in [4.69, 9.17) is 28.9 Å². The molecule has 0 amide bonds. The molecule has 2 aromatic rings. The molecule has 0 atom stereocenters. The van der Waals surface area contributed by atoms with Crippen LogP contribution in [-0.2, 0) is 12.8 Å². The number of hydrogen-bond donors (Lipinski definition) is 1. The molecule has 0 unspecified atom stereocenters. The van der Waals surface area contributed by atoms with E-state index < -0.39 is 0 Å². The van der Waals surface area contributed by atoms with E-state index in [1.807, 2.05) is 13.8 Å². The van der Waals surface area contributed by atoms with Crippen molar-refractivity contribution in [3.05, 3.63) is 27.8 Å². The van der Waals surface area contributed by atoms with Gasteiger partial charge in [-0.05, 0) is 6.07 Å². The molecule has 0 spiro atoms. The van der Waals surface area contributed by atoms with Crippen molar-refractivity contribution in [2.24, 2.45) is 0 Å². The van der Waals surface area contributed by atoms with Gasteiger partial charge < -0.3 is 5.73 Å². The summed E-state index contributed by atoms with van der Waals surface area (Å²) in [6.45, 7) is 3.98. The highest BCUT2D eigenvalue weighted by Crippen LogP contribution is 2.26. The lowest BCUT2D eigenvalue weighted by Crippen LogP contribution is -2.07. The Labute approximate surface area is 115 Å². The van der Waals surface area contributed by atoms with E-state index in [-0.39, 0.29) is 5.82 Å². The Morgan fingerprint density at radius 1 is 1.17 bits per heavy atom. The number of pyridine rings is 1. The molecule has 0 radical (unpaired) electrons. The normalized spacial score (nSPS) is 10.9. The third-order valence-corrected chi connectivity index (χ3v) is 3.07. The predicted molar refractivity (Wildman–Crippen MR) is 72.3 cm³/mol. The van der Waals surface area contributed by atoms with Gasteiger partial charge in [0.2, 0.25) is 0 Å². The van der Waals surface area contributed by atoms with Gasteiger partial charge in [0.1, 0.15) is 11.6 Å². The van der Waals surface area contributed by atoms with E-state index in [2.05, 4.69) is 15.1 Å². The summed E-state index contributed by atoms with van der Waals surface area (Å²) in [7, 11) is 0. The van der Waals surface area contributed by atoms with Crippen LogP contribution in [0.1, 0.15) is 25.5 Å². The second-order valence-corrected chi connectivity index (χ2v) is 4.54. The number of anilines is 1. The zero-order valence-electron chi connectivity index (χ0n) is 10.1. The largest absolute Gasteiger partial charge is 0.382 e. The number of hydrogen-bond acceptors (Lipinski definition) is 4. The van der Waals surface area contributed by atoms with Crippen LogP contribution in [0.4, 0.5) is 5.82 Å². The molecular weight excluding hydrogens is 273 g/mol. The van der Waals surface area contributed by atoms with Gasteiger partial charge in [-0.25, -0.2) is 9.97 Å². The smallest absolute Gasteiger partial charge is 0.176 e. The zero-order chi connectivity index (χ0) is 13.3. The highest BCUT2D eigenvalue weighted by Gasteiger charge is 2.15. The SMILES string of the molecule is CCc1nc(CC)n(-c2nc(N)c(Cl)cc2Cl)n1. The van der Waals surface area contributed by atoms with E-state index in [1.165, 1.54) is 0 Å². The van der Waals surface area contributed by atoms with Crippen LogP contribution in [0.2, 0.25) is 10.0 Å². The van der Waals surface area contributed by atoms with E-state index >= 15 is 0 Å². The fraction of sp³-hybridized carbons (Fsp3) is 0.364. The summed E-state index contributed by atoms with van der Waals surface area (Å²) >= 11 is 12.0. The van der Waals surface area contributed by atoms with Crippen molar-refractivity contribution in [2.75, 3.05) is 5.73 Å². The minimum absolute atomic E-state index is 0.228. The maximum absolute atomic E-state index is 6.13. The van der Waals surface area contributed by atoms with E-state index in [9.17, 15) is 0 Å². The van der Waals surface area contributed by atoms with Crippen LogP contribution in [0.3, 0.4) is 0 Å². The minimum Gasteiger partial charge on any atom is -0.382 e. The number of nitrogens with two attached hydrogens (primary N) is 1. The number of aromatic nitrogens is 4. The first-order valence-corrected chi connectivity index (χ1v) is 6.39. The van der Waals surface area contributed by atoms with Crippen molar-refractivity contribution in [1.29, 1.82) is 0 Å². The molecule has 0 bridgehead atoms. The van der Waals surface area contributed by atoms with Gasteiger partial charge in [-0.2, -0.15) is 4.68 Å². The molecule has 2 aromatic heterocycles. The third kappa shape index (κ3) is 2.28. The molecule has 2 heterocycles. The average molecular weight is 286 g/mol. The van der Waals surface area contributed by atoms with Gasteiger partial charge in [-0.3, -0.25) is 0 Å². The standard InChI is InChI=1S/C11H13Cl2N5/c1-3-8-15-9(4-2)18(17-8)11-7(13)5-6(12)10(14)16-11/h5H,3-4H2,1-2H3,(H2,14,16). The van der Waals surface area contributed by atoms with Crippen LogP contribution in [-0.4, -0.2) is 19.7 Å². The van der Waals surface area contributed by atoms with Crippen molar-refractivity contribution in [3.8, 4) is 5.82 Å². The van der Waals surface area contributed by atoms with Crippen molar-refractivity contribution in [1.82, 2.24) is 19.7 Å². The summed E-state index contributed by atoms with van der Waals surface area (Å²) in [6, 6.07) is 1.56. The Morgan fingerprint density at radius 2 is 1.89 bits per heavy atom. The molecule has 0 saturated heterocycles. The van der Waals surface area contributed by atoms with Crippen LogP contribution >= 0.6 is 23.2 Å². The maximum atomic E-state index is 6.13. The Bertz CT molecular complexity index is 579. The van der Waals surface area contributed by atoms with Gasteiger partial charge in [0, 0.05) is 12.8 Å². The summed E-state index contributed by atoms with van der Waals surface area (Å²) in [6.07, 6.45) is 1.48. The third-order valence-electron chi connectivity index (χ3n) is 2.49. The Kier molecular flexibility index (Phi) is 3.73. The topological polar surface area (TPSA) is 69.6 Å². The molecule has 2 N–H and O–H groups in total. The second-order valence-electron chi connectivity index (χ2n) is 3.72. The molecule has 96 valence electrons. The molecule has 0 aliphatic carbocycles. The number of nitrogens with zero attached hydrogens (tertiary/aromatic N) is 4. The summed E-state index contributed by atoms with van der Waals surface area (Å²) in [5.74, 6) is 2.23. The highest BCUT2D eigenvalue weighted by atomic mass is 35.5. The quantitative estimate of drug-likeness (QED) is 0.941. The lowest BCUT2D eigenvalue weighted by Gasteiger charge is -2.07. The minimum atomic E-state index is 0.228. The fourth-order valence-corrected chi connectivity index (χ4v) is 2.00. The van der Waals surface area contributed by atoms with Crippen molar-refractivity contribution in [3.63, 3.8) is 0 Å². The predicted octanol–water partition coefficient (Wildman–Crippen LogP) is 2.68. The number of aryl methyl sites for hydroxylation is 2. The summed E-state index contributed by atoms with van der Waals surface area (Å²) in [4.78, 5) is 8.57. The molecule has 0 aliphatic rings. The summed E-state index contributed by atoms with van der Waals surface area (Å²) in [5.41, 5.74) is 5.69. The molecule has 18 heavy (non-hydrogen) atoms. The highest BCUT2D eigenvalue weighted by molar-refractivity contribution is 6.36. The van der Waals surface area contributed by atoms with Crippen LogP contribution < -0.4 is 5.73 Å². The second kappa shape index (κ2) is 5.12. The van der Waals surface area contributed by atoms with Gasteiger partial charge in [-0.1, -0.05) is 37.0 Å². The molecule has 5 nitrogen and oxygen atoms in total. The first-order chi connectivity index (χ1) is 8.56. The number of nitrogen functional groups attached to an aromatic ring is 1. The maximum Gasteiger partial charge on any atom is 0.176 e. The monoisotopic (exact) mass is 285 g/mol. The van der Waals surface area contributed by atoms with Crippen LogP contribution in [0.25, 0.3) is 5.82 Å². The molecule has 2 rings (SSSR count). The van der Waals surface area contributed by atoms with Gasteiger partial charge in [0.25, 0.3) is 0 Å². The van der Waals surface area contributed by atoms with Gasteiger partial charge in [0.05, 0.1) is 10.0 Å². The Hall–Kier alpha value is -1.33. The molecule has 0 saturated carbocycles. The number of halogens is 2. The van der Waals surface area contributed by atoms with Crippen LogP contribution in [0, 0.1) is 0 Å². The molecule has 0 aliphatic heterocycles. The van der Waals surface area contributed by atoms with E-state index in [0.717, 1.165) is 24.5 Å². The van der Waals surface area contributed by atoms with Gasteiger partial charge in [0.15, 0.2) is 11.6 Å². The lowest BCUT2D eigenvalue weighted by molar-refractivity contribution is 0.770. The van der Waals surface area contributed by atoms with Crippen molar-refractivity contribution >= 4 is 29.0 Å². The Morgan fingerprint density at radius 3 is 2.50 bits per heavy atom. The molecule has 7 heteroatoms. The summed E-state index contributed by atoms with van der Waals surface area (Å²) < 4.78 is 1.62. The van der Waals surface area contributed by atoms with Crippen molar-refractivity contribution in [2.45, 2.75) is 26.7 Å². The van der Waals surface area contributed by atoms with E-state index in [1.54, 1.807) is 10.7 Å².